The fourth-order valence-electron chi connectivity index (χ4n) is 3.02. The van der Waals surface area contributed by atoms with Crippen molar-refractivity contribution < 1.29 is 23.5 Å². The Bertz CT molecular complexity index is 769. The van der Waals surface area contributed by atoms with E-state index in [1.54, 1.807) is 12.1 Å². The molecule has 1 heterocycles. The molecule has 158 valence electrons. The summed E-state index contributed by atoms with van der Waals surface area (Å²) < 4.78 is 19.4. The molecule has 1 aromatic rings. The zero-order valence-corrected chi connectivity index (χ0v) is 16.5. The maximum absolute atomic E-state index is 13.9. The van der Waals surface area contributed by atoms with Gasteiger partial charge in [0.2, 0.25) is 5.91 Å². The number of nitrogens with zero attached hydrogens (tertiary/aromatic N) is 1. The van der Waals surface area contributed by atoms with Gasteiger partial charge in [0.1, 0.15) is 6.54 Å². The molecule has 2 fully saturated rings. The molecule has 5 amide bonds. The number of urea groups is 2. The first-order valence-electron chi connectivity index (χ1n) is 9.97. The number of benzene rings is 1. The Hall–Kier alpha value is -2.84. The summed E-state index contributed by atoms with van der Waals surface area (Å²) in [5, 5.41) is 7.80. The van der Waals surface area contributed by atoms with Gasteiger partial charge in [0.05, 0.1) is 12.6 Å². The first kappa shape index (κ1) is 20.9. The molecule has 2 aliphatic rings. The number of nitrogens with one attached hydrogen (secondary N) is 3. The second-order valence-corrected chi connectivity index (χ2v) is 7.55. The van der Waals surface area contributed by atoms with Crippen molar-refractivity contribution >= 4 is 18.0 Å². The number of halogens is 1. The van der Waals surface area contributed by atoms with E-state index in [4.69, 9.17) is 4.74 Å². The number of unbranched alkanes of at least 4 members (excludes halogenated alkanes) is 1. The number of ether oxygens (including phenoxy) is 1. The second kappa shape index (κ2) is 9.58. The summed E-state index contributed by atoms with van der Waals surface area (Å²) in [5.74, 6) is 0.0513. The number of imide groups is 1. The van der Waals surface area contributed by atoms with E-state index in [1.165, 1.54) is 11.0 Å². The zero-order chi connectivity index (χ0) is 20.8. The molecule has 1 aliphatic heterocycles. The van der Waals surface area contributed by atoms with Crippen LogP contribution in [0.1, 0.15) is 44.2 Å². The summed E-state index contributed by atoms with van der Waals surface area (Å²) in [6.07, 6.45) is 3.61. The average molecular weight is 406 g/mol. The highest BCUT2D eigenvalue weighted by molar-refractivity contribution is 6.01. The molecule has 1 saturated heterocycles. The van der Waals surface area contributed by atoms with Crippen molar-refractivity contribution in [2.75, 3.05) is 26.2 Å². The molecule has 3 N–H and O–H groups in total. The predicted octanol–water partition coefficient (Wildman–Crippen LogP) is 2.31. The van der Waals surface area contributed by atoms with Gasteiger partial charge in [-0.15, -0.1) is 0 Å². The van der Waals surface area contributed by atoms with Crippen molar-refractivity contribution in [1.29, 1.82) is 0 Å². The smallest absolute Gasteiger partial charge is 0.324 e. The van der Waals surface area contributed by atoms with Gasteiger partial charge >= 0.3 is 12.1 Å². The van der Waals surface area contributed by atoms with Crippen molar-refractivity contribution in [3.63, 3.8) is 0 Å². The standard InChI is InChI=1S/C20H27FN4O4/c1-13(15-6-7-16(21)17(10-15)29-12-14-4-5-14)23-19(27)22-8-2-3-9-25-11-18(26)24-20(25)28/h6-7,10,13-14H,2-5,8-9,11-12H2,1H3,(H2,22,23,27)(H,24,26,28). The SMILES string of the molecule is CC(NC(=O)NCCCCN1CC(=O)NC1=O)c1ccc(F)c(OCC2CC2)c1. The van der Waals surface area contributed by atoms with Gasteiger partial charge in [0.25, 0.3) is 0 Å². The minimum absolute atomic E-state index is 0.0916. The lowest BCUT2D eigenvalue weighted by atomic mass is 10.1. The van der Waals surface area contributed by atoms with Gasteiger partial charge in [-0.2, -0.15) is 0 Å². The monoisotopic (exact) mass is 406 g/mol. The van der Waals surface area contributed by atoms with Gasteiger partial charge in [-0.1, -0.05) is 6.07 Å². The molecule has 3 rings (SSSR count). The van der Waals surface area contributed by atoms with Crippen LogP contribution < -0.4 is 20.7 Å². The molecule has 1 aliphatic carbocycles. The van der Waals surface area contributed by atoms with Gasteiger partial charge in [0.15, 0.2) is 11.6 Å². The van der Waals surface area contributed by atoms with Crippen LogP contribution in [0.4, 0.5) is 14.0 Å². The van der Waals surface area contributed by atoms with Crippen LogP contribution >= 0.6 is 0 Å². The van der Waals surface area contributed by atoms with Gasteiger partial charge < -0.3 is 20.3 Å². The minimum Gasteiger partial charge on any atom is -0.490 e. The average Bonchev–Trinajstić information content (AvgIpc) is 3.44. The van der Waals surface area contributed by atoms with Crippen LogP contribution in [0.2, 0.25) is 0 Å². The van der Waals surface area contributed by atoms with Crippen LogP contribution in [-0.4, -0.2) is 49.1 Å². The van der Waals surface area contributed by atoms with E-state index in [0.29, 0.717) is 38.5 Å². The van der Waals surface area contributed by atoms with Crippen molar-refractivity contribution in [3.05, 3.63) is 29.6 Å². The molecule has 1 saturated carbocycles. The summed E-state index contributed by atoms with van der Waals surface area (Å²) in [6.45, 7) is 3.35. The Morgan fingerprint density at radius 2 is 2.14 bits per heavy atom. The quantitative estimate of drug-likeness (QED) is 0.410. The maximum atomic E-state index is 13.9. The van der Waals surface area contributed by atoms with Crippen molar-refractivity contribution in [3.8, 4) is 5.75 Å². The Morgan fingerprint density at radius 1 is 1.34 bits per heavy atom. The molecule has 0 spiro atoms. The van der Waals surface area contributed by atoms with Crippen LogP contribution in [0.5, 0.6) is 5.75 Å². The van der Waals surface area contributed by atoms with Crippen LogP contribution in [0.15, 0.2) is 18.2 Å². The summed E-state index contributed by atoms with van der Waals surface area (Å²) in [6, 6.07) is 3.62. The van der Waals surface area contributed by atoms with E-state index >= 15 is 0 Å². The predicted molar refractivity (Wildman–Crippen MR) is 104 cm³/mol. The van der Waals surface area contributed by atoms with Crippen LogP contribution in [0, 0.1) is 11.7 Å². The molecular weight excluding hydrogens is 379 g/mol. The van der Waals surface area contributed by atoms with E-state index in [9.17, 15) is 18.8 Å². The van der Waals surface area contributed by atoms with E-state index in [-0.39, 0.29) is 36.3 Å². The third-order valence-corrected chi connectivity index (χ3v) is 4.98. The van der Waals surface area contributed by atoms with Gasteiger partial charge in [-0.05, 0) is 56.2 Å². The Morgan fingerprint density at radius 3 is 2.83 bits per heavy atom. The maximum Gasteiger partial charge on any atom is 0.324 e. The normalized spacial score (nSPS) is 17.1. The Balaban J connectivity index is 1.35. The van der Waals surface area contributed by atoms with Crippen molar-refractivity contribution in [1.82, 2.24) is 20.9 Å². The Kier molecular flexibility index (Phi) is 6.90. The summed E-state index contributed by atoms with van der Waals surface area (Å²) in [7, 11) is 0. The van der Waals surface area contributed by atoms with E-state index in [2.05, 4.69) is 16.0 Å². The zero-order valence-electron chi connectivity index (χ0n) is 16.5. The molecule has 1 aromatic carbocycles. The molecule has 8 nitrogen and oxygen atoms in total. The molecule has 0 bridgehead atoms. The van der Waals surface area contributed by atoms with E-state index < -0.39 is 5.82 Å². The number of rotatable bonds is 10. The molecule has 0 aromatic heterocycles. The minimum atomic E-state index is -0.403. The summed E-state index contributed by atoms with van der Waals surface area (Å²) >= 11 is 0. The van der Waals surface area contributed by atoms with Crippen LogP contribution in [0.25, 0.3) is 0 Å². The Labute approximate surface area is 169 Å². The molecule has 0 radical (unpaired) electrons. The lowest BCUT2D eigenvalue weighted by molar-refractivity contribution is -0.118. The first-order chi connectivity index (χ1) is 13.9. The molecular formula is C20H27FN4O4. The van der Waals surface area contributed by atoms with E-state index in [0.717, 1.165) is 18.4 Å². The highest BCUT2D eigenvalue weighted by Crippen LogP contribution is 2.31. The molecule has 1 unspecified atom stereocenters. The number of hydrogen-bond donors (Lipinski definition) is 3. The first-order valence-corrected chi connectivity index (χ1v) is 9.97. The summed E-state index contributed by atoms with van der Waals surface area (Å²) in [4.78, 5) is 36.0. The topological polar surface area (TPSA) is 99.8 Å². The second-order valence-electron chi connectivity index (χ2n) is 7.55. The van der Waals surface area contributed by atoms with E-state index in [1.807, 2.05) is 6.92 Å². The van der Waals surface area contributed by atoms with Crippen LogP contribution in [-0.2, 0) is 4.79 Å². The summed E-state index contributed by atoms with van der Waals surface area (Å²) in [5.41, 5.74) is 0.761. The van der Waals surface area contributed by atoms with Gasteiger partial charge in [-0.3, -0.25) is 10.1 Å². The molecule has 1 atom stereocenters. The van der Waals surface area contributed by atoms with Gasteiger partial charge in [0, 0.05) is 13.1 Å². The highest BCUT2D eigenvalue weighted by atomic mass is 19.1. The third kappa shape index (κ3) is 6.33. The number of amides is 5. The number of carbonyl (C=O) groups excluding carboxylic acids is 3. The third-order valence-electron chi connectivity index (χ3n) is 4.98. The van der Waals surface area contributed by atoms with Crippen LogP contribution in [0.3, 0.4) is 0 Å². The largest absolute Gasteiger partial charge is 0.490 e. The molecule has 29 heavy (non-hydrogen) atoms. The fraction of sp³-hybridized carbons (Fsp3) is 0.550. The highest BCUT2D eigenvalue weighted by Gasteiger charge is 2.25. The number of carbonyl (C=O) groups is 3. The lowest BCUT2D eigenvalue weighted by Crippen LogP contribution is -2.37. The van der Waals surface area contributed by atoms with Crippen molar-refractivity contribution in [2.45, 2.75) is 38.6 Å². The van der Waals surface area contributed by atoms with Crippen molar-refractivity contribution in [2.24, 2.45) is 5.92 Å². The number of hydrogen-bond acceptors (Lipinski definition) is 4. The molecule has 9 heteroatoms. The van der Waals surface area contributed by atoms with Gasteiger partial charge in [-0.25, -0.2) is 14.0 Å². The fourth-order valence-corrected chi connectivity index (χ4v) is 3.02. The lowest BCUT2D eigenvalue weighted by Gasteiger charge is -2.17.